The van der Waals surface area contributed by atoms with Gasteiger partial charge in [-0.15, -0.1) is 0 Å². The summed E-state index contributed by atoms with van der Waals surface area (Å²) in [5.74, 6) is 0. The maximum atomic E-state index is 8.25. The predicted octanol–water partition coefficient (Wildman–Crippen LogP) is -0.717. The Labute approximate surface area is 102 Å². The zero-order valence-electron chi connectivity index (χ0n) is 5.59. The fourth-order valence-electron chi connectivity index (χ4n) is 0. The molecule has 72 valence electrons. The van der Waals surface area contributed by atoms with Crippen LogP contribution in [0.2, 0.25) is 0 Å². The van der Waals surface area contributed by atoms with Crippen LogP contribution in [-0.4, -0.2) is 15.3 Å². The van der Waals surface area contributed by atoms with Gasteiger partial charge in [-0.25, -0.2) is 0 Å². The van der Waals surface area contributed by atoms with E-state index < -0.39 is 15.3 Å². The van der Waals surface area contributed by atoms with E-state index >= 15 is 0 Å². The van der Waals surface area contributed by atoms with Gasteiger partial charge in [0.05, 0.1) is 15.3 Å². The second kappa shape index (κ2) is 17.2. The summed E-state index contributed by atoms with van der Waals surface area (Å²) in [5.41, 5.74) is 0. The molecule has 13 heavy (non-hydrogen) atoms. The summed E-state index contributed by atoms with van der Waals surface area (Å²) in [6, 6.07) is 0. The van der Waals surface area contributed by atoms with E-state index in [0.717, 1.165) is 0 Å². The maximum Gasteiger partial charge on any atom is 3.00 e. The molecule has 0 fully saturated rings. The zero-order valence-corrected chi connectivity index (χ0v) is 9.30. The third-order valence-corrected chi connectivity index (χ3v) is 0. The summed E-state index contributed by atoms with van der Waals surface area (Å²) in [7, 11) is 0. The van der Waals surface area contributed by atoms with Crippen molar-refractivity contribution in [2.45, 2.75) is 0 Å². The van der Waals surface area contributed by atoms with Crippen LogP contribution in [0.25, 0.3) is 0 Å². The zero-order chi connectivity index (χ0) is 10.7. The molecule has 0 unspecified atom stereocenters. The summed E-state index contributed by atoms with van der Waals surface area (Å²) in [6.45, 7) is 0. The average Bonchev–Trinajstić information content (AvgIpc) is 1.54. The van der Waals surface area contributed by atoms with Gasteiger partial charge in [-0.05, 0) is 0 Å². The minimum atomic E-state index is -1.75. The molecule has 0 aliphatic carbocycles. The van der Waals surface area contributed by atoms with Crippen molar-refractivity contribution in [3.05, 3.63) is 46.0 Å². The van der Waals surface area contributed by atoms with Gasteiger partial charge in [-0.3, -0.25) is 0 Å². The molecular formula is N3O9Pr. The first kappa shape index (κ1) is 22.7. The monoisotopic (exact) mass is 327 g/mol. The molecule has 0 aliphatic heterocycles. The Morgan fingerprint density at radius 2 is 0.538 bits per heavy atom. The third kappa shape index (κ3) is 820. The van der Waals surface area contributed by atoms with Crippen molar-refractivity contribution >= 4 is 0 Å². The number of hydrogen-bond donors (Lipinski definition) is 0. The molecular weight excluding hydrogens is 327 g/mol. The van der Waals surface area contributed by atoms with E-state index in [1.54, 1.807) is 0 Å². The van der Waals surface area contributed by atoms with Crippen molar-refractivity contribution in [2.75, 3.05) is 0 Å². The van der Waals surface area contributed by atoms with Crippen LogP contribution < -0.4 is 0 Å². The molecule has 0 saturated carbocycles. The molecule has 0 saturated heterocycles. The summed E-state index contributed by atoms with van der Waals surface area (Å²) in [6.07, 6.45) is 0. The van der Waals surface area contributed by atoms with Crippen molar-refractivity contribution in [1.82, 2.24) is 0 Å². The molecule has 0 spiro atoms. The Morgan fingerprint density at radius 1 is 0.538 bits per heavy atom. The summed E-state index contributed by atoms with van der Waals surface area (Å²) in [4.78, 5) is 24.8. The van der Waals surface area contributed by atoms with Crippen LogP contribution in [-0.2, 0) is 0 Å². The van der Waals surface area contributed by atoms with Gasteiger partial charge < -0.3 is 46.0 Å². The van der Waals surface area contributed by atoms with E-state index in [9.17, 15) is 0 Å². The van der Waals surface area contributed by atoms with Gasteiger partial charge in [0, 0.05) is 0 Å². The van der Waals surface area contributed by atoms with Gasteiger partial charge in [-0.2, -0.15) is 0 Å². The van der Waals surface area contributed by atoms with Crippen LogP contribution in [0, 0.1) is 87.3 Å². The minimum Gasteiger partial charge on any atom is -0.356 e. The predicted molar refractivity (Wildman–Crippen MR) is 31.1 cm³/mol. The molecule has 12 nitrogen and oxygen atoms in total. The fraction of sp³-hybridized carbons (Fsp3) is 0. The fourth-order valence-corrected chi connectivity index (χ4v) is 0. The first-order chi connectivity index (χ1) is 5.20. The molecule has 0 aliphatic rings. The van der Waals surface area contributed by atoms with Crippen molar-refractivity contribution in [3.63, 3.8) is 0 Å². The smallest absolute Gasteiger partial charge is 0.356 e. The number of hydrogen-bond acceptors (Lipinski definition) is 9. The molecule has 0 rings (SSSR count). The molecule has 0 atom stereocenters. The molecule has 0 aromatic heterocycles. The summed E-state index contributed by atoms with van der Waals surface area (Å²) in [5, 5.41) is 44.2. The largest absolute Gasteiger partial charge is 3.00 e. The molecule has 0 aromatic carbocycles. The van der Waals surface area contributed by atoms with Crippen LogP contribution in [0.5, 0.6) is 0 Å². The molecule has 0 radical (unpaired) electrons. The molecule has 0 heterocycles. The molecule has 0 amide bonds. The van der Waals surface area contributed by atoms with Crippen molar-refractivity contribution < 1.29 is 56.6 Å². The second-order valence-electron chi connectivity index (χ2n) is 0.671. The van der Waals surface area contributed by atoms with Gasteiger partial charge in [0.25, 0.3) is 0 Å². The van der Waals surface area contributed by atoms with Gasteiger partial charge in [-0.1, -0.05) is 0 Å². The first-order valence-corrected chi connectivity index (χ1v) is 1.64. The van der Waals surface area contributed by atoms with Crippen LogP contribution >= 0.6 is 0 Å². The van der Waals surface area contributed by atoms with Crippen LogP contribution in [0.4, 0.5) is 0 Å². The Hall–Kier alpha value is -1.04. The van der Waals surface area contributed by atoms with E-state index in [1.165, 1.54) is 0 Å². The van der Waals surface area contributed by atoms with Crippen molar-refractivity contribution in [1.29, 1.82) is 0 Å². The van der Waals surface area contributed by atoms with Crippen molar-refractivity contribution in [2.24, 2.45) is 0 Å². The quantitative estimate of drug-likeness (QED) is 0.406. The standard InChI is InChI=1S/3NO3.Pr/c3*2-1(3)4;/q3*-1;+3. The third-order valence-electron chi connectivity index (χ3n) is 0. The topological polar surface area (TPSA) is 199 Å². The van der Waals surface area contributed by atoms with E-state index in [1.807, 2.05) is 0 Å². The molecule has 0 aromatic rings. The van der Waals surface area contributed by atoms with E-state index in [4.69, 9.17) is 46.0 Å². The normalized spacial score (nSPS) is 5.54. The minimum absolute atomic E-state index is 0. The second-order valence-corrected chi connectivity index (χ2v) is 0.671. The van der Waals surface area contributed by atoms with Crippen LogP contribution in [0.3, 0.4) is 0 Å². The van der Waals surface area contributed by atoms with Gasteiger partial charge in [0.1, 0.15) is 0 Å². The van der Waals surface area contributed by atoms with E-state index in [0.29, 0.717) is 0 Å². The first-order valence-electron chi connectivity index (χ1n) is 1.64. The summed E-state index contributed by atoms with van der Waals surface area (Å²) < 4.78 is 0. The molecule has 0 N–H and O–H groups in total. The molecule has 13 heteroatoms. The SMILES string of the molecule is O=[N+]([O-])[O-].O=[N+]([O-])[O-].O=[N+]([O-])[O-].[Pr+3]. The Bertz CT molecular complexity index is 112. The average molecular weight is 327 g/mol. The van der Waals surface area contributed by atoms with Gasteiger partial charge in [0.15, 0.2) is 0 Å². The van der Waals surface area contributed by atoms with Crippen molar-refractivity contribution in [3.8, 4) is 0 Å². The summed E-state index contributed by atoms with van der Waals surface area (Å²) >= 11 is 0. The Balaban J connectivity index is -0.0000000450. The van der Waals surface area contributed by atoms with E-state index in [2.05, 4.69) is 0 Å². The van der Waals surface area contributed by atoms with E-state index in [-0.39, 0.29) is 41.3 Å². The Kier molecular flexibility index (Phi) is 29.9. The van der Waals surface area contributed by atoms with Crippen LogP contribution in [0.1, 0.15) is 0 Å². The Morgan fingerprint density at radius 3 is 0.538 bits per heavy atom. The maximum absolute atomic E-state index is 8.25. The van der Waals surface area contributed by atoms with Gasteiger partial charge >= 0.3 is 41.3 Å². The van der Waals surface area contributed by atoms with Crippen LogP contribution in [0.15, 0.2) is 0 Å². The van der Waals surface area contributed by atoms with Gasteiger partial charge in [0.2, 0.25) is 0 Å². The number of rotatable bonds is 0. The molecule has 0 bridgehead atoms. The number of nitrogens with zero attached hydrogens (tertiary/aromatic N) is 3.